The van der Waals surface area contributed by atoms with E-state index in [1.807, 2.05) is 24.3 Å². The van der Waals surface area contributed by atoms with Crippen molar-refractivity contribution in [2.45, 2.75) is 32.2 Å². The van der Waals surface area contributed by atoms with Gasteiger partial charge in [0.25, 0.3) is 5.91 Å². The maximum atomic E-state index is 11.5. The molecule has 17 heavy (non-hydrogen) atoms. The molecule has 2 rings (SSSR count). The van der Waals surface area contributed by atoms with Gasteiger partial charge in [0, 0.05) is 24.3 Å². The molecule has 1 aromatic carbocycles. The molecule has 0 aromatic heterocycles. The van der Waals surface area contributed by atoms with Gasteiger partial charge in [0.05, 0.1) is 0 Å². The molecule has 0 radical (unpaired) electrons. The summed E-state index contributed by atoms with van der Waals surface area (Å²) in [6, 6.07) is 8.13. The molecule has 3 nitrogen and oxygen atoms in total. The highest BCUT2D eigenvalue weighted by atomic mass is 16.1. The van der Waals surface area contributed by atoms with E-state index < -0.39 is 0 Å². The molecule has 1 fully saturated rings. The average Bonchev–Trinajstić information content (AvgIpc) is 3.12. The Bertz CT molecular complexity index is 399. The minimum absolute atomic E-state index is 0.0384. The number of amides is 1. The molecule has 3 heteroatoms. The van der Waals surface area contributed by atoms with E-state index >= 15 is 0 Å². The summed E-state index contributed by atoms with van der Waals surface area (Å²) in [6.07, 6.45) is 3.98. The van der Waals surface area contributed by atoms with Crippen molar-refractivity contribution in [1.29, 1.82) is 0 Å². The van der Waals surface area contributed by atoms with E-state index in [0.29, 0.717) is 11.6 Å². The monoisotopic (exact) mass is 232 g/mol. The quantitative estimate of drug-likeness (QED) is 0.819. The molecule has 0 bridgehead atoms. The minimum atomic E-state index is -0.0384. The Kier molecular flexibility index (Phi) is 3.67. The maximum Gasteiger partial charge on any atom is 0.251 e. The fraction of sp³-hybridized carbons (Fsp3) is 0.500. The molecular formula is C14H20N2O. The molecule has 1 aliphatic rings. The highest BCUT2D eigenvalue weighted by molar-refractivity contribution is 5.94. The van der Waals surface area contributed by atoms with Gasteiger partial charge in [-0.2, -0.15) is 0 Å². The van der Waals surface area contributed by atoms with Gasteiger partial charge in [0.1, 0.15) is 0 Å². The topological polar surface area (TPSA) is 41.1 Å². The van der Waals surface area contributed by atoms with E-state index in [-0.39, 0.29) is 5.91 Å². The second kappa shape index (κ2) is 5.21. The van der Waals surface area contributed by atoms with Crippen molar-refractivity contribution < 1.29 is 4.79 Å². The zero-order valence-corrected chi connectivity index (χ0v) is 10.5. The molecule has 1 atom stereocenters. The van der Waals surface area contributed by atoms with Crippen LogP contribution < -0.4 is 10.6 Å². The van der Waals surface area contributed by atoms with Gasteiger partial charge in [-0.05, 0) is 37.5 Å². The Hall–Kier alpha value is -1.51. The first kappa shape index (κ1) is 12.0. The fourth-order valence-corrected chi connectivity index (χ4v) is 2.09. The number of rotatable bonds is 5. The van der Waals surface area contributed by atoms with Crippen LogP contribution in [0, 0.1) is 5.92 Å². The molecule has 1 aliphatic carbocycles. The van der Waals surface area contributed by atoms with Gasteiger partial charge in [-0.3, -0.25) is 4.79 Å². The van der Waals surface area contributed by atoms with Gasteiger partial charge in [0.15, 0.2) is 0 Å². The predicted molar refractivity (Wildman–Crippen MR) is 70.3 cm³/mol. The molecule has 92 valence electrons. The lowest BCUT2D eigenvalue weighted by Crippen LogP contribution is -2.19. The van der Waals surface area contributed by atoms with Crippen LogP contribution in [0.15, 0.2) is 24.3 Å². The number of hydrogen-bond donors (Lipinski definition) is 2. The van der Waals surface area contributed by atoms with Crippen LogP contribution in [-0.4, -0.2) is 19.0 Å². The number of carbonyl (C=O) groups is 1. The molecule has 0 spiro atoms. The van der Waals surface area contributed by atoms with Crippen LogP contribution >= 0.6 is 0 Å². The van der Waals surface area contributed by atoms with Crippen molar-refractivity contribution in [1.82, 2.24) is 5.32 Å². The van der Waals surface area contributed by atoms with Crippen molar-refractivity contribution in [3.63, 3.8) is 0 Å². The van der Waals surface area contributed by atoms with Crippen LogP contribution in [0.4, 0.5) is 5.69 Å². The first-order valence-electron chi connectivity index (χ1n) is 6.27. The third-order valence-corrected chi connectivity index (χ3v) is 3.15. The van der Waals surface area contributed by atoms with E-state index in [2.05, 4.69) is 17.6 Å². The Morgan fingerprint density at radius 3 is 2.88 bits per heavy atom. The first-order valence-corrected chi connectivity index (χ1v) is 6.27. The van der Waals surface area contributed by atoms with E-state index in [0.717, 1.165) is 11.6 Å². The lowest BCUT2D eigenvalue weighted by atomic mass is 10.1. The molecule has 0 aliphatic heterocycles. The van der Waals surface area contributed by atoms with Gasteiger partial charge in [-0.1, -0.05) is 18.9 Å². The lowest BCUT2D eigenvalue weighted by molar-refractivity contribution is 0.0963. The van der Waals surface area contributed by atoms with E-state index in [1.54, 1.807) is 7.05 Å². The van der Waals surface area contributed by atoms with Crippen molar-refractivity contribution in [2.24, 2.45) is 5.92 Å². The van der Waals surface area contributed by atoms with Crippen LogP contribution in [0.5, 0.6) is 0 Å². The summed E-state index contributed by atoms with van der Waals surface area (Å²) in [5, 5.41) is 6.09. The first-order chi connectivity index (χ1) is 8.19. The van der Waals surface area contributed by atoms with E-state index in [4.69, 9.17) is 0 Å². The summed E-state index contributed by atoms with van der Waals surface area (Å²) in [7, 11) is 1.65. The zero-order chi connectivity index (χ0) is 12.3. The van der Waals surface area contributed by atoms with Gasteiger partial charge >= 0.3 is 0 Å². The van der Waals surface area contributed by atoms with Gasteiger partial charge in [-0.15, -0.1) is 0 Å². The number of benzene rings is 1. The van der Waals surface area contributed by atoms with Crippen molar-refractivity contribution in [3.8, 4) is 0 Å². The zero-order valence-electron chi connectivity index (χ0n) is 10.5. The maximum absolute atomic E-state index is 11.5. The van der Waals surface area contributed by atoms with Crippen LogP contribution in [-0.2, 0) is 0 Å². The van der Waals surface area contributed by atoms with Crippen molar-refractivity contribution >= 4 is 11.6 Å². The predicted octanol–water partition coefficient (Wildman–Crippen LogP) is 2.65. The molecule has 1 saturated carbocycles. The third kappa shape index (κ3) is 3.48. The molecule has 1 amide bonds. The summed E-state index contributed by atoms with van der Waals surface area (Å²) in [4.78, 5) is 11.5. The van der Waals surface area contributed by atoms with Crippen molar-refractivity contribution in [2.75, 3.05) is 12.4 Å². The highest BCUT2D eigenvalue weighted by Crippen LogP contribution is 2.34. The fourth-order valence-electron chi connectivity index (χ4n) is 2.09. The summed E-state index contributed by atoms with van der Waals surface area (Å²) >= 11 is 0. The van der Waals surface area contributed by atoms with Gasteiger partial charge in [0.2, 0.25) is 0 Å². The standard InChI is InChI=1S/C14H20N2O/c1-10(8-11-6-7-11)16-13-5-3-4-12(9-13)14(17)15-2/h3-5,9-11,16H,6-8H2,1-2H3,(H,15,17). The molecule has 1 unspecified atom stereocenters. The lowest BCUT2D eigenvalue weighted by Gasteiger charge is -2.15. The Labute approximate surface area is 103 Å². The molecule has 0 saturated heterocycles. The molecule has 2 N–H and O–H groups in total. The summed E-state index contributed by atoms with van der Waals surface area (Å²) in [6.45, 7) is 2.20. The normalized spacial score (nSPS) is 16.4. The summed E-state index contributed by atoms with van der Waals surface area (Å²) < 4.78 is 0. The smallest absolute Gasteiger partial charge is 0.251 e. The number of carbonyl (C=O) groups excluding carboxylic acids is 1. The summed E-state index contributed by atoms with van der Waals surface area (Å²) in [5.41, 5.74) is 1.73. The van der Waals surface area contributed by atoms with E-state index in [1.165, 1.54) is 19.3 Å². The molecule has 0 heterocycles. The van der Waals surface area contributed by atoms with Crippen molar-refractivity contribution in [3.05, 3.63) is 29.8 Å². The third-order valence-electron chi connectivity index (χ3n) is 3.15. The summed E-state index contributed by atoms with van der Waals surface area (Å²) in [5.74, 6) is 0.878. The Morgan fingerprint density at radius 1 is 1.47 bits per heavy atom. The Balaban J connectivity index is 1.97. The second-order valence-electron chi connectivity index (χ2n) is 4.88. The Morgan fingerprint density at radius 2 is 2.24 bits per heavy atom. The van der Waals surface area contributed by atoms with Crippen LogP contribution in [0.1, 0.15) is 36.5 Å². The van der Waals surface area contributed by atoms with Gasteiger partial charge < -0.3 is 10.6 Å². The number of anilines is 1. The number of hydrogen-bond acceptors (Lipinski definition) is 2. The van der Waals surface area contributed by atoms with E-state index in [9.17, 15) is 4.79 Å². The molecule has 1 aromatic rings. The minimum Gasteiger partial charge on any atom is -0.383 e. The average molecular weight is 232 g/mol. The van der Waals surface area contributed by atoms with Crippen LogP contribution in [0.2, 0.25) is 0 Å². The van der Waals surface area contributed by atoms with Crippen LogP contribution in [0.3, 0.4) is 0 Å². The highest BCUT2D eigenvalue weighted by Gasteiger charge is 2.23. The second-order valence-corrected chi connectivity index (χ2v) is 4.88. The largest absolute Gasteiger partial charge is 0.383 e. The van der Waals surface area contributed by atoms with Gasteiger partial charge in [-0.25, -0.2) is 0 Å². The molecular weight excluding hydrogens is 212 g/mol. The SMILES string of the molecule is CNC(=O)c1cccc(NC(C)CC2CC2)c1. The van der Waals surface area contributed by atoms with Crippen LogP contribution in [0.25, 0.3) is 0 Å². The number of nitrogens with one attached hydrogen (secondary N) is 2.